The first-order valence-corrected chi connectivity index (χ1v) is 11.4. The molecule has 1 aliphatic heterocycles. The molecule has 5 aliphatic rings. The lowest BCUT2D eigenvalue weighted by Crippen LogP contribution is -2.59. The number of nitrogens with zero attached hydrogens (tertiary/aromatic N) is 1. The Hall–Kier alpha value is -1.92. The molecule has 0 aromatic heterocycles. The molecule has 5 fully saturated rings. The fourth-order valence-corrected chi connectivity index (χ4v) is 6.59. The van der Waals surface area contributed by atoms with E-state index >= 15 is 0 Å². The van der Waals surface area contributed by atoms with Gasteiger partial charge in [-0.3, -0.25) is 14.5 Å². The highest BCUT2D eigenvalue weighted by molar-refractivity contribution is 6.00. The third-order valence-corrected chi connectivity index (χ3v) is 7.75. The molecular weight excluding hydrogens is 380 g/mol. The van der Waals surface area contributed by atoms with Crippen LogP contribution < -0.4 is 10.1 Å². The van der Waals surface area contributed by atoms with Gasteiger partial charge in [0.05, 0.1) is 25.8 Å². The summed E-state index contributed by atoms with van der Waals surface area (Å²) in [6.07, 6.45) is 6.04. The standard InChI is InChI=1S/C24H32N2O4/c1-29-21-5-3-2-4-19(21)20(27)13-26-6-7-30-22(14-26)24(28)25-23-17-9-15-8-16(11-17)12-18(23)10-15/h2-5,15-18,22-23H,6-14H2,1H3,(H,25,28). The summed E-state index contributed by atoms with van der Waals surface area (Å²) in [5.41, 5.74) is 0.584. The molecule has 1 aromatic carbocycles. The SMILES string of the molecule is COc1ccccc1C(=O)CN1CCOC(C(=O)NC2C3CC4CC(C3)CC2C4)C1. The van der Waals surface area contributed by atoms with E-state index in [4.69, 9.17) is 9.47 Å². The predicted molar refractivity (Wildman–Crippen MR) is 112 cm³/mol. The van der Waals surface area contributed by atoms with Crippen molar-refractivity contribution in [3.63, 3.8) is 0 Å². The Kier molecular flexibility index (Phi) is 5.54. The monoisotopic (exact) mass is 412 g/mol. The highest BCUT2D eigenvalue weighted by Crippen LogP contribution is 2.53. The highest BCUT2D eigenvalue weighted by atomic mass is 16.5. The number of benzene rings is 1. The van der Waals surface area contributed by atoms with Gasteiger partial charge in [0.1, 0.15) is 11.9 Å². The van der Waals surface area contributed by atoms with Crippen molar-refractivity contribution in [3.05, 3.63) is 29.8 Å². The van der Waals surface area contributed by atoms with Gasteiger partial charge in [-0.15, -0.1) is 0 Å². The summed E-state index contributed by atoms with van der Waals surface area (Å²) in [5.74, 6) is 3.68. The second-order valence-electron chi connectivity index (χ2n) is 9.68. The minimum absolute atomic E-state index is 0.00177. The molecule has 1 atom stereocenters. The van der Waals surface area contributed by atoms with Gasteiger partial charge >= 0.3 is 0 Å². The molecule has 4 aliphatic carbocycles. The van der Waals surface area contributed by atoms with Crippen LogP contribution >= 0.6 is 0 Å². The van der Waals surface area contributed by atoms with Crippen LogP contribution in [0.1, 0.15) is 42.5 Å². The van der Waals surface area contributed by atoms with E-state index < -0.39 is 6.10 Å². The average Bonchev–Trinajstić information content (AvgIpc) is 2.75. The minimum atomic E-state index is -0.499. The zero-order valence-electron chi connectivity index (χ0n) is 17.7. The van der Waals surface area contributed by atoms with Crippen LogP contribution in [0.2, 0.25) is 0 Å². The number of ketones is 1. The van der Waals surface area contributed by atoms with Crippen molar-refractivity contribution >= 4 is 11.7 Å². The van der Waals surface area contributed by atoms with Gasteiger partial charge in [0, 0.05) is 19.1 Å². The topological polar surface area (TPSA) is 67.9 Å². The first kappa shape index (κ1) is 20.0. The molecular formula is C24H32N2O4. The van der Waals surface area contributed by atoms with Crippen LogP contribution in [0.15, 0.2) is 24.3 Å². The van der Waals surface area contributed by atoms with Gasteiger partial charge in [-0.05, 0) is 67.9 Å². The molecule has 6 nitrogen and oxygen atoms in total. The number of rotatable bonds is 6. The first-order chi connectivity index (χ1) is 14.6. The van der Waals surface area contributed by atoms with E-state index in [-0.39, 0.29) is 18.2 Å². The number of hydrogen-bond acceptors (Lipinski definition) is 5. The summed E-state index contributed by atoms with van der Waals surface area (Å²) in [7, 11) is 1.57. The lowest BCUT2D eigenvalue weighted by molar-refractivity contribution is -0.142. The van der Waals surface area contributed by atoms with E-state index in [0.717, 1.165) is 11.8 Å². The second kappa shape index (κ2) is 8.31. The Morgan fingerprint density at radius 2 is 1.80 bits per heavy atom. The second-order valence-corrected chi connectivity index (χ2v) is 9.68. The maximum Gasteiger partial charge on any atom is 0.250 e. The molecule has 1 heterocycles. The number of carbonyl (C=O) groups is 2. The van der Waals surface area contributed by atoms with Crippen LogP contribution in [-0.4, -0.2) is 62.1 Å². The summed E-state index contributed by atoms with van der Waals surface area (Å²) >= 11 is 0. The third kappa shape index (κ3) is 3.87. The lowest BCUT2D eigenvalue weighted by atomic mass is 9.54. The normalized spacial score (nSPS) is 35.2. The Morgan fingerprint density at radius 3 is 2.50 bits per heavy atom. The van der Waals surface area contributed by atoms with Crippen molar-refractivity contribution in [1.82, 2.24) is 10.2 Å². The zero-order chi connectivity index (χ0) is 20.7. The van der Waals surface area contributed by atoms with Gasteiger partial charge in [-0.25, -0.2) is 0 Å². The Labute approximate surface area is 178 Å². The number of methoxy groups -OCH3 is 1. The first-order valence-electron chi connectivity index (χ1n) is 11.4. The molecule has 0 spiro atoms. The van der Waals surface area contributed by atoms with Crippen molar-refractivity contribution in [2.24, 2.45) is 23.7 Å². The molecule has 0 radical (unpaired) electrons. The van der Waals surface area contributed by atoms with Crippen molar-refractivity contribution in [2.75, 3.05) is 33.4 Å². The van der Waals surface area contributed by atoms with E-state index in [1.165, 1.54) is 32.1 Å². The molecule has 1 saturated heterocycles. The third-order valence-electron chi connectivity index (χ3n) is 7.75. The molecule has 6 rings (SSSR count). The van der Waals surface area contributed by atoms with Gasteiger partial charge in [0.2, 0.25) is 0 Å². The summed E-state index contributed by atoms with van der Waals surface area (Å²) in [4.78, 5) is 27.8. The van der Waals surface area contributed by atoms with Gasteiger partial charge in [0.25, 0.3) is 5.91 Å². The zero-order valence-corrected chi connectivity index (χ0v) is 17.7. The van der Waals surface area contributed by atoms with Crippen LogP contribution in [-0.2, 0) is 9.53 Å². The van der Waals surface area contributed by atoms with Crippen molar-refractivity contribution in [3.8, 4) is 5.75 Å². The van der Waals surface area contributed by atoms with Crippen molar-refractivity contribution < 1.29 is 19.1 Å². The number of morpholine rings is 1. The van der Waals surface area contributed by atoms with Crippen LogP contribution in [0.4, 0.5) is 0 Å². The summed E-state index contributed by atoms with van der Waals surface area (Å²) in [5, 5.41) is 3.36. The molecule has 1 aromatic rings. The van der Waals surface area contributed by atoms with Crippen LogP contribution in [0.3, 0.4) is 0 Å². The summed E-state index contributed by atoms with van der Waals surface area (Å²) < 4.78 is 11.1. The van der Waals surface area contributed by atoms with Gasteiger partial charge in [0.15, 0.2) is 5.78 Å². The highest BCUT2D eigenvalue weighted by Gasteiger charge is 2.49. The molecule has 1 amide bonds. The Morgan fingerprint density at radius 1 is 1.10 bits per heavy atom. The minimum Gasteiger partial charge on any atom is -0.496 e. The number of para-hydroxylation sites is 1. The number of nitrogens with one attached hydrogen (secondary N) is 1. The molecule has 6 heteroatoms. The van der Waals surface area contributed by atoms with E-state index in [1.54, 1.807) is 19.2 Å². The number of hydrogen-bond donors (Lipinski definition) is 1. The van der Waals surface area contributed by atoms with Crippen LogP contribution in [0.25, 0.3) is 0 Å². The number of Topliss-reactive ketones (excluding diaryl/α,β-unsaturated/α-hetero) is 1. The molecule has 4 bridgehead atoms. The molecule has 162 valence electrons. The molecule has 4 saturated carbocycles. The lowest BCUT2D eigenvalue weighted by Gasteiger charge is -2.54. The van der Waals surface area contributed by atoms with Crippen molar-refractivity contribution in [2.45, 2.75) is 44.2 Å². The number of amides is 1. The molecule has 30 heavy (non-hydrogen) atoms. The number of carbonyl (C=O) groups excluding carboxylic acids is 2. The van der Waals surface area contributed by atoms with Crippen molar-refractivity contribution in [1.29, 1.82) is 0 Å². The fourth-order valence-electron chi connectivity index (χ4n) is 6.59. The Bertz CT molecular complexity index is 782. The van der Waals surface area contributed by atoms with E-state index in [1.807, 2.05) is 17.0 Å². The van der Waals surface area contributed by atoms with E-state index in [0.29, 0.717) is 48.9 Å². The predicted octanol–water partition coefficient (Wildman–Crippen LogP) is 2.52. The van der Waals surface area contributed by atoms with Crippen LogP contribution in [0.5, 0.6) is 5.75 Å². The van der Waals surface area contributed by atoms with Gasteiger partial charge in [-0.1, -0.05) is 12.1 Å². The smallest absolute Gasteiger partial charge is 0.250 e. The molecule has 1 N–H and O–H groups in total. The van der Waals surface area contributed by atoms with E-state index in [2.05, 4.69) is 5.32 Å². The quantitative estimate of drug-likeness (QED) is 0.728. The van der Waals surface area contributed by atoms with Gasteiger partial charge in [-0.2, -0.15) is 0 Å². The summed E-state index contributed by atoms with van der Waals surface area (Å²) in [6, 6.07) is 7.61. The molecule has 1 unspecified atom stereocenters. The average molecular weight is 413 g/mol. The fraction of sp³-hybridized carbons (Fsp3) is 0.667. The largest absolute Gasteiger partial charge is 0.496 e. The summed E-state index contributed by atoms with van der Waals surface area (Å²) in [6.45, 7) is 1.85. The van der Waals surface area contributed by atoms with Gasteiger partial charge < -0.3 is 14.8 Å². The van der Waals surface area contributed by atoms with Crippen LogP contribution in [0, 0.1) is 23.7 Å². The Balaban J connectivity index is 1.18. The maximum absolute atomic E-state index is 13.0. The number of ether oxygens (including phenoxy) is 2. The van der Waals surface area contributed by atoms with E-state index in [9.17, 15) is 9.59 Å². The maximum atomic E-state index is 13.0.